The second-order valence-corrected chi connectivity index (χ2v) is 8.40. The van der Waals surface area contributed by atoms with Crippen molar-refractivity contribution in [1.29, 1.82) is 5.26 Å². The number of fused-ring (bicyclic) bond motifs is 1. The predicted octanol–water partition coefficient (Wildman–Crippen LogP) is 5.10. The summed E-state index contributed by atoms with van der Waals surface area (Å²) in [6.07, 6.45) is 0. The van der Waals surface area contributed by atoms with Crippen molar-refractivity contribution in [3.63, 3.8) is 0 Å². The lowest BCUT2D eigenvalue weighted by Crippen LogP contribution is -2.23. The molecule has 138 valence electrons. The van der Waals surface area contributed by atoms with E-state index in [9.17, 15) is 4.79 Å². The summed E-state index contributed by atoms with van der Waals surface area (Å²) in [5.41, 5.74) is 3.94. The van der Waals surface area contributed by atoms with Crippen molar-refractivity contribution < 1.29 is 0 Å². The van der Waals surface area contributed by atoms with Gasteiger partial charge in [-0.25, -0.2) is 4.98 Å². The average Bonchev–Trinajstić information content (AvgIpc) is 3.14. The van der Waals surface area contributed by atoms with Crippen LogP contribution in [-0.4, -0.2) is 15.3 Å². The van der Waals surface area contributed by atoms with Gasteiger partial charge in [0.2, 0.25) is 0 Å². The van der Waals surface area contributed by atoms with E-state index in [0.717, 1.165) is 16.0 Å². The van der Waals surface area contributed by atoms with Crippen LogP contribution in [0, 0.1) is 18.3 Å². The first-order valence-corrected chi connectivity index (χ1v) is 10.6. The zero-order valence-corrected chi connectivity index (χ0v) is 16.9. The number of rotatable bonds is 5. The summed E-state index contributed by atoms with van der Waals surface area (Å²) < 4.78 is 2.32. The van der Waals surface area contributed by atoms with E-state index in [4.69, 9.17) is 10.2 Å². The zero-order valence-electron chi connectivity index (χ0n) is 15.3. The van der Waals surface area contributed by atoms with Crippen molar-refractivity contribution in [3.05, 3.63) is 82.1 Å². The number of hydrogen-bond acceptors (Lipinski definition) is 5. The molecule has 0 atom stereocenters. The number of nitrogens with zero attached hydrogens (tertiary/aromatic N) is 3. The second-order valence-electron chi connectivity index (χ2n) is 6.41. The second kappa shape index (κ2) is 8.01. The number of thiophene rings is 1. The highest BCUT2D eigenvalue weighted by atomic mass is 32.2. The molecule has 4 aromatic rings. The quantitative estimate of drug-likeness (QED) is 0.344. The Morgan fingerprint density at radius 3 is 2.61 bits per heavy atom. The van der Waals surface area contributed by atoms with E-state index in [-0.39, 0.29) is 11.3 Å². The molecular formula is C22H17N3OS2. The molecule has 0 N–H and O–H groups in total. The third-order valence-electron chi connectivity index (χ3n) is 4.38. The van der Waals surface area contributed by atoms with Gasteiger partial charge in [0, 0.05) is 4.88 Å². The molecule has 28 heavy (non-hydrogen) atoms. The minimum absolute atomic E-state index is 0.0577. The molecule has 2 heterocycles. The normalized spacial score (nSPS) is 10.9. The first kappa shape index (κ1) is 18.5. The molecule has 0 radical (unpaired) electrons. The summed E-state index contributed by atoms with van der Waals surface area (Å²) in [4.78, 5) is 19.0. The van der Waals surface area contributed by atoms with Gasteiger partial charge in [-0.15, -0.1) is 11.3 Å². The van der Waals surface area contributed by atoms with Crippen LogP contribution >= 0.6 is 23.1 Å². The van der Waals surface area contributed by atoms with Crippen LogP contribution in [0.2, 0.25) is 0 Å². The van der Waals surface area contributed by atoms with Crippen molar-refractivity contribution >= 4 is 33.3 Å². The van der Waals surface area contributed by atoms with Crippen molar-refractivity contribution in [2.24, 2.45) is 0 Å². The van der Waals surface area contributed by atoms with E-state index in [1.165, 1.54) is 28.7 Å². The highest BCUT2D eigenvalue weighted by molar-refractivity contribution is 7.99. The van der Waals surface area contributed by atoms with Crippen molar-refractivity contribution in [1.82, 2.24) is 9.55 Å². The number of benzene rings is 2. The van der Waals surface area contributed by atoms with Gasteiger partial charge in [0.1, 0.15) is 4.70 Å². The molecule has 0 bridgehead atoms. The lowest BCUT2D eigenvalue weighted by molar-refractivity contribution is 0.660. The minimum Gasteiger partial charge on any atom is -0.282 e. The van der Waals surface area contributed by atoms with Gasteiger partial charge in [-0.2, -0.15) is 5.26 Å². The maximum atomic E-state index is 13.3. The summed E-state index contributed by atoms with van der Waals surface area (Å²) in [6, 6.07) is 22.2. The first-order chi connectivity index (χ1) is 13.7. The number of thioether (sulfide) groups is 1. The highest BCUT2D eigenvalue weighted by Gasteiger charge is 2.15. The third kappa shape index (κ3) is 3.72. The fourth-order valence-corrected chi connectivity index (χ4v) is 4.67. The lowest BCUT2D eigenvalue weighted by Gasteiger charge is -2.10. The van der Waals surface area contributed by atoms with Gasteiger partial charge in [-0.3, -0.25) is 9.36 Å². The van der Waals surface area contributed by atoms with Crippen LogP contribution < -0.4 is 5.56 Å². The summed E-state index contributed by atoms with van der Waals surface area (Å²) in [7, 11) is 0. The summed E-state index contributed by atoms with van der Waals surface area (Å²) in [5.74, 6) is 0.252. The summed E-state index contributed by atoms with van der Waals surface area (Å²) >= 11 is 2.77. The van der Waals surface area contributed by atoms with Crippen LogP contribution in [-0.2, 0) is 6.54 Å². The van der Waals surface area contributed by atoms with E-state index in [1.807, 2.05) is 36.4 Å². The highest BCUT2D eigenvalue weighted by Crippen LogP contribution is 2.32. The van der Waals surface area contributed by atoms with Crippen molar-refractivity contribution in [2.75, 3.05) is 5.75 Å². The maximum Gasteiger partial charge on any atom is 0.272 e. The molecule has 2 aromatic carbocycles. The van der Waals surface area contributed by atoms with Crippen LogP contribution in [0.15, 0.2) is 70.6 Å². The number of hydrogen-bond donors (Lipinski definition) is 0. The first-order valence-electron chi connectivity index (χ1n) is 8.81. The van der Waals surface area contributed by atoms with E-state index in [2.05, 4.69) is 37.3 Å². The van der Waals surface area contributed by atoms with Crippen molar-refractivity contribution in [2.45, 2.75) is 18.6 Å². The molecular weight excluding hydrogens is 386 g/mol. The summed E-state index contributed by atoms with van der Waals surface area (Å²) in [5, 5.41) is 9.56. The van der Waals surface area contributed by atoms with Gasteiger partial charge < -0.3 is 0 Å². The average molecular weight is 404 g/mol. The molecule has 0 amide bonds. The Bertz CT molecular complexity index is 1220. The van der Waals surface area contributed by atoms with Crippen LogP contribution in [0.25, 0.3) is 20.7 Å². The number of aryl methyl sites for hydroxylation is 1. The fraction of sp³-hybridized carbons (Fsp3) is 0.136. The van der Waals surface area contributed by atoms with Gasteiger partial charge in [0.25, 0.3) is 5.56 Å². The molecule has 4 nitrogen and oxygen atoms in total. The Kier molecular flexibility index (Phi) is 5.29. The SMILES string of the molecule is Cc1ccc(-c2cc3nc(SCC#N)n(Cc4ccccc4)c(=O)c3s2)cc1. The van der Waals surface area contributed by atoms with Gasteiger partial charge >= 0.3 is 0 Å². The predicted molar refractivity (Wildman–Crippen MR) is 116 cm³/mol. The maximum absolute atomic E-state index is 13.3. The molecule has 0 fully saturated rings. The van der Waals surface area contributed by atoms with E-state index < -0.39 is 0 Å². The van der Waals surface area contributed by atoms with Gasteiger partial charge in [0.15, 0.2) is 5.16 Å². The minimum atomic E-state index is -0.0577. The molecule has 0 spiro atoms. The fourth-order valence-electron chi connectivity index (χ4n) is 2.96. The molecule has 0 saturated heterocycles. The van der Waals surface area contributed by atoms with Crippen LogP contribution in [0.3, 0.4) is 0 Å². The molecule has 0 aliphatic rings. The molecule has 0 unspecified atom stereocenters. The summed E-state index contributed by atoms with van der Waals surface area (Å²) in [6.45, 7) is 2.49. The molecule has 2 aromatic heterocycles. The number of nitriles is 1. The van der Waals surface area contributed by atoms with Crippen LogP contribution in [0.1, 0.15) is 11.1 Å². The van der Waals surface area contributed by atoms with Crippen molar-refractivity contribution in [3.8, 4) is 16.5 Å². The lowest BCUT2D eigenvalue weighted by atomic mass is 10.1. The Balaban J connectivity index is 1.84. The molecule has 0 saturated carbocycles. The standard InChI is InChI=1S/C22H17N3OS2/c1-15-7-9-17(10-8-15)19-13-18-20(28-19)21(26)25(22(24-18)27-12-11-23)14-16-5-3-2-4-6-16/h2-10,13H,12,14H2,1H3. The zero-order chi connectivity index (χ0) is 19.5. The number of aromatic nitrogens is 2. The topological polar surface area (TPSA) is 58.7 Å². The smallest absolute Gasteiger partial charge is 0.272 e. The Morgan fingerprint density at radius 2 is 1.89 bits per heavy atom. The Morgan fingerprint density at radius 1 is 1.14 bits per heavy atom. The molecule has 0 aliphatic heterocycles. The molecule has 4 rings (SSSR count). The van der Waals surface area contributed by atoms with E-state index in [0.29, 0.717) is 21.9 Å². The Hall–Kier alpha value is -2.88. The van der Waals surface area contributed by atoms with Gasteiger partial charge in [-0.1, -0.05) is 71.9 Å². The van der Waals surface area contributed by atoms with Gasteiger partial charge in [-0.05, 0) is 24.1 Å². The molecule has 0 aliphatic carbocycles. The Labute approximate surface area is 171 Å². The monoisotopic (exact) mass is 403 g/mol. The van der Waals surface area contributed by atoms with E-state index >= 15 is 0 Å². The van der Waals surface area contributed by atoms with Crippen LogP contribution in [0.5, 0.6) is 0 Å². The molecule has 6 heteroatoms. The largest absolute Gasteiger partial charge is 0.282 e. The third-order valence-corrected chi connectivity index (χ3v) is 6.39. The van der Waals surface area contributed by atoms with E-state index in [1.54, 1.807) is 4.57 Å². The van der Waals surface area contributed by atoms with Gasteiger partial charge in [0.05, 0.1) is 23.9 Å². The van der Waals surface area contributed by atoms with Crippen LogP contribution in [0.4, 0.5) is 0 Å².